The molecule has 1 unspecified atom stereocenters. The summed E-state index contributed by atoms with van der Waals surface area (Å²) in [5, 5.41) is 15.9. The zero-order valence-corrected chi connectivity index (χ0v) is 14.2. The lowest BCUT2D eigenvalue weighted by molar-refractivity contribution is -0.117. The molecule has 4 rings (SSSR count). The van der Waals surface area contributed by atoms with Crippen LogP contribution in [-0.4, -0.2) is 26.6 Å². The summed E-state index contributed by atoms with van der Waals surface area (Å²) in [7, 11) is 0. The maximum atomic E-state index is 11.9. The fourth-order valence-electron chi connectivity index (χ4n) is 2.69. The van der Waals surface area contributed by atoms with Crippen LogP contribution in [0.25, 0.3) is 16.8 Å². The minimum Gasteiger partial charge on any atom is -0.476 e. The van der Waals surface area contributed by atoms with E-state index < -0.39 is 6.10 Å². The molecule has 0 saturated heterocycles. The molecule has 0 aliphatic heterocycles. The Balaban J connectivity index is 1.62. The Morgan fingerprint density at radius 1 is 1.35 bits per heavy atom. The average molecular weight is 347 g/mol. The molecule has 1 aliphatic rings. The molecule has 1 saturated carbocycles. The summed E-state index contributed by atoms with van der Waals surface area (Å²) in [6, 6.07) is 13.3. The number of pyridine rings is 1. The number of nitrogens with one attached hydrogen (secondary N) is 1. The maximum absolute atomic E-state index is 11.9. The van der Waals surface area contributed by atoms with Crippen LogP contribution in [0.15, 0.2) is 42.6 Å². The molecule has 1 atom stereocenters. The van der Waals surface area contributed by atoms with Gasteiger partial charge in [0.15, 0.2) is 11.8 Å². The number of carbonyl (C=O) groups excluding carboxylic acids is 1. The third kappa shape index (κ3) is 3.22. The van der Waals surface area contributed by atoms with E-state index in [4.69, 9.17) is 10.00 Å². The minimum absolute atomic E-state index is 0.0180. The summed E-state index contributed by atoms with van der Waals surface area (Å²) in [4.78, 5) is 16.4. The number of nitriles is 1. The summed E-state index contributed by atoms with van der Waals surface area (Å²) in [5.74, 6) is 1.03. The maximum Gasteiger partial charge on any atom is 0.249 e. The van der Waals surface area contributed by atoms with Crippen molar-refractivity contribution in [2.75, 3.05) is 5.32 Å². The Labute approximate surface area is 150 Å². The van der Waals surface area contributed by atoms with E-state index in [1.165, 1.54) is 0 Å². The van der Waals surface area contributed by atoms with E-state index in [1.54, 1.807) is 17.6 Å². The molecule has 1 aliphatic carbocycles. The molecule has 1 amide bonds. The highest BCUT2D eigenvalue weighted by Gasteiger charge is 2.30. The van der Waals surface area contributed by atoms with Crippen molar-refractivity contribution >= 4 is 17.5 Å². The highest BCUT2D eigenvalue weighted by molar-refractivity contribution is 5.93. The largest absolute Gasteiger partial charge is 0.476 e. The molecular weight excluding hydrogens is 330 g/mol. The third-order valence-electron chi connectivity index (χ3n) is 4.21. The number of amides is 1. The van der Waals surface area contributed by atoms with Gasteiger partial charge in [-0.15, -0.1) is 5.10 Å². The van der Waals surface area contributed by atoms with Crippen molar-refractivity contribution in [2.24, 2.45) is 5.92 Å². The van der Waals surface area contributed by atoms with Crippen LogP contribution in [0.5, 0.6) is 5.75 Å². The summed E-state index contributed by atoms with van der Waals surface area (Å²) in [6.45, 7) is 1.70. The highest BCUT2D eigenvalue weighted by atomic mass is 16.5. The van der Waals surface area contributed by atoms with E-state index in [-0.39, 0.29) is 11.8 Å². The van der Waals surface area contributed by atoms with Gasteiger partial charge in [-0.05, 0) is 49.6 Å². The van der Waals surface area contributed by atoms with Gasteiger partial charge in [0.2, 0.25) is 11.9 Å². The van der Waals surface area contributed by atoms with Crippen LogP contribution < -0.4 is 10.1 Å². The van der Waals surface area contributed by atoms with E-state index in [0.29, 0.717) is 17.3 Å². The lowest BCUT2D eigenvalue weighted by atomic mass is 10.1. The molecule has 130 valence electrons. The molecule has 1 aromatic carbocycles. The van der Waals surface area contributed by atoms with E-state index in [2.05, 4.69) is 15.4 Å². The van der Waals surface area contributed by atoms with Crippen LogP contribution in [0.1, 0.15) is 19.8 Å². The van der Waals surface area contributed by atoms with Crippen molar-refractivity contribution < 1.29 is 9.53 Å². The normalized spacial score (nSPS) is 14.6. The molecule has 0 bridgehead atoms. The second-order valence-electron chi connectivity index (χ2n) is 6.30. The van der Waals surface area contributed by atoms with Crippen LogP contribution in [0.2, 0.25) is 0 Å². The van der Waals surface area contributed by atoms with E-state index in [1.807, 2.05) is 42.5 Å². The molecular formula is C19H17N5O2. The molecule has 2 aromatic heterocycles. The van der Waals surface area contributed by atoms with Gasteiger partial charge >= 0.3 is 0 Å². The van der Waals surface area contributed by atoms with Crippen molar-refractivity contribution in [3.05, 3.63) is 42.6 Å². The van der Waals surface area contributed by atoms with Crippen LogP contribution in [0, 0.1) is 17.2 Å². The number of anilines is 1. The first-order valence-corrected chi connectivity index (χ1v) is 8.47. The summed E-state index contributed by atoms with van der Waals surface area (Å²) < 4.78 is 7.13. The monoisotopic (exact) mass is 347 g/mol. The molecule has 7 heteroatoms. The SMILES string of the molecule is CC(C#N)Oc1ccc(-c2cccn3nc(NC(=O)C4CC4)nc23)cc1. The quantitative estimate of drug-likeness (QED) is 0.766. The molecule has 1 fully saturated rings. The van der Waals surface area contributed by atoms with E-state index in [0.717, 1.165) is 24.0 Å². The van der Waals surface area contributed by atoms with Gasteiger partial charge in [0.1, 0.15) is 11.8 Å². The van der Waals surface area contributed by atoms with Crippen molar-refractivity contribution in [2.45, 2.75) is 25.9 Å². The number of nitrogens with zero attached hydrogens (tertiary/aromatic N) is 4. The Hall–Kier alpha value is -3.40. The van der Waals surface area contributed by atoms with Crippen LogP contribution >= 0.6 is 0 Å². The molecule has 2 heterocycles. The number of aromatic nitrogens is 3. The average Bonchev–Trinajstić information content (AvgIpc) is 3.42. The second-order valence-corrected chi connectivity index (χ2v) is 6.30. The number of benzene rings is 1. The van der Waals surface area contributed by atoms with Crippen molar-refractivity contribution in [1.82, 2.24) is 14.6 Å². The Morgan fingerprint density at radius 3 is 2.81 bits per heavy atom. The van der Waals surface area contributed by atoms with Gasteiger partial charge in [-0.3, -0.25) is 10.1 Å². The number of hydrogen-bond acceptors (Lipinski definition) is 5. The molecule has 26 heavy (non-hydrogen) atoms. The van der Waals surface area contributed by atoms with Crippen molar-refractivity contribution in [3.8, 4) is 22.9 Å². The van der Waals surface area contributed by atoms with Crippen molar-refractivity contribution in [3.63, 3.8) is 0 Å². The van der Waals surface area contributed by atoms with Crippen LogP contribution in [0.3, 0.4) is 0 Å². The van der Waals surface area contributed by atoms with Gasteiger partial charge in [0, 0.05) is 17.7 Å². The van der Waals surface area contributed by atoms with Gasteiger partial charge in [-0.1, -0.05) is 12.1 Å². The number of fused-ring (bicyclic) bond motifs is 1. The standard InChI is InChI=1S/C19H17N5O2/c1-12(11-20)26-15-8-6-13(7-9-15)16-3-2-10-24-17(16)21-19(23-24)22-18(25)14-4-5-14/h2-3,6-10,12,14H,4-5H2,1H3,(H,22,23,25). The Morgan fingerprint density at radius 2 is 2.12 bits per heavy atom. The smallest absolute Gasteiger partial charge is 0.249 e. The van der Waals surface area contributed by atoms with Gasteiger partial charge in [0.25, 0.3) is 0 Å². The van der Waals surface area contributed by atoms with Crippen LogP contribution in [-0.2, 0) is 4.79 Å². The molecule has 0 radical (unpaired) electrons. The first-order chi connectivity index (χ1) is 12.6. The van der Waals surface area contributed by atoms with E-state index in [9.17, 15) is 4.79 Å². The van der Waals surface area contributed by atoms with Gasteiger partial charge in [-0.25, -0.2) is 4.52 Å². The molecule has 3 aromatic rings. The fourth-order valence-corrected chi connectivity index (χ4v) is 2.69. The number of rotatable bonds is 5. The van der Waals surface area contributed by atoms with E-state index >= 15 is 0 Å². The van der Waals surface area contributed by atoms with Crippen LogP contribution in [0.4, 0.5) is 5.95 Å². The molecule has 1 N–H and O–H groups in total. The van der Waals surface area contributed by atoms with Crippen molar-refractivity contribution in [1.29, 1.82) is 5.26 Å². The zero-order valence-electron chi connectivity index (χ0n) is 14.2. The number of ether oxygens (including phenoxy) is 1. The minimum atomic E-state index is -0.501. The molecule has 0 spiro atoms. The summed E-state index contributed by atoms with van der Waals surface area (Å²) >= 11 is 0. The summed E-state index contributed by atoms with van der Waals surface area (Å²) in [5.41, 5.74) is 2.50. The van der Waals surface area contributed by atoms with Gasteiger partial charge < -0.3 is 4.74 Å². The highest BCUT2D eigenvalue weighted by Crippen LogP contribution is 2.30. The number of carbonyl (C=O) groups is 1. The topological polar surface area (TPSA) is 92.3 Å². The fraction of sp³-hybridized carbons (Fsp3) is 0.263. The molecule has 7 nitrogen and oxygen atoms in total. The predicted octanol–water partition coefficient (Wildman–Crippen LogP) is 3.04. The predicted molar refractivity (Wildman–Crippen MR) is 95.5 cm³/mol. The van der Waals surface area contributed by atoms with Gasteiger partial charge in [-0.2, -0.15) is 10.2 Å². The zero-order chi connectivity index (χ0) is 18.1. The number of hydrogen-bond donors (Lipinski definition) is 1. The summed E-state index contributed by atoms with van der Waals surface area (Å²) in [6.07, 6.45) is 3.16. The Kier molecular flexibility index (Phi) is 4.01. The second kappa shape index (κ2) is 6.48. The lowest BCUT2D eigenvalue weighted by Crippen LogP contribution is -2.14. The first-order valence-electron chi connectivity index (χ1n) is 8.47. The Bertz CT molecular complexity index is 999. The van der Waals surface area contributed by atoms with Gasteiger partial charge in [0.05, 0.1) is 0 Å². The first kappa shape index (κ1) is 16.1. The third-order valence-corrected chi connectivity index (χ3v) is 4.21. The lowest BCUT2D eigenvalue weighted by Gasteiger charge is -2.08.